The Hall–Kier alpha value is -0.470. The molecule has 3 rings (SSSR count). The molecule has 0 bridgehead atoms. The zero-order chi connectivity index (χ0) is 10.3. The van der Waals surface area contributed by atoms with Crippen LogP contribution in [-0.4, -0.2) is 11.8 Å². The van der Waals surface area contributed by atoms with Crippen LogP contribution in [0.3, 0.4) is 0 Å². The van der Waals surface area contributed by atoms with Gasteiger partial charge in [0, 0.05) is 11.8 Å². The summed E-state index contributed by atoms with van der Waals surface area (Å²) in [7, 11) is 0. The molecule has 1 nitrogen and oxygen atoms in total. The van der Waals surface area contributed by atoms with E-state index in [-0.39, 0.29) is 4.87 Å². The van der Waals surface area contributed by atoms with E-state index in [9.17, 15) is 0 Å². The maximum atomic E-state index is 3.74. The van der Waals surface area contributed by atoms with E-state index in [0.29, 0.717) is 0 Å². The number of hydrogen-bond donors (Lipinski definition) is 1. The molecule has 1 N–H and O–H groups in total. The quantitative estimate of drug-likeness (QED) is 0.720. The summed E-state index contributed by atoms with van der Waals surface area (Å²) >= 11 is 2.12. The lowest BCUT2D eigenvalue weighted by Gasteiger charge is -2.35. The van der Waals surface area contributed by atoms with Crippen LogP contribution in [0.1, 0.15) is 30.9 Å². The van der Waals surface area contributed by atoms with Gasteiger partial charge in [-0.2, -0.15) is 0 Å². The van der Waals surface area contributed by atoms with Crippen molar-refractivity contribution in [1.82, 2.24) is 5.32 Å². The monoisotopic (exact) mass is 219 g/mol. The van der Waals surface area contributed by atoms with Crippen molar-refractivity contribution in [2.45, 2.75) is 36.3 Å². The highest BCUT2D eigenvalue weighted by atomic mass is 32.2. The number of thioether (sulfide) groups is 1. The van der Waals surface area contributed by atoms with Crippen LogP contribution in [-0.2, 0) is 11.3 Å². The Labute approximate surface area is 95.6 Å². The molecule has 2 atom stereocenters. The number of aryl methyl sites for hydroxylation is 1. The van der Waals surface area contributed by atoms with Gasteiger partial charge in [-0.3, -0.25) is 5.32 Å². The highest BCUT2D eigenvalue weighted by molar-refractivity contribution is 8.01. The average molecular weight is 219 g/mol. The number of hydrogen-bond acceptors (Lipinski definition) is 2. The third kappa shape index (κ3) is 1.51. The van der Waals surface area contributed by atoms with Gasteiger partial charge in [-0.05, 0) is 30.4 Å². The summed E-state index contributed by atoms with van der Waals surface area (Å²) in [4.78, 5) is 0.244. The van der Waals surface area contributed by atoms with Gasteiger partial charge < -0.3 is 0 Å². The highest BCUT2D eigenvalue weighted by Crippen LogP contribution is 2.48. The number of benzene rings is 1. The predicted octanol–water partition coefficient (Wildman–Crippen LogP) is 2.90. The first-order chi connectivity index (χ1) is 7.30. The van der Waals surface area contributed by atoms with Crippen molar-refractivity contribution in [3.05, 3.63) is 35.4 Å². The Morgan fingerprint density at radius 2 is 2.27 bits per heavy atom. The van der Waals surface area contributed by atoms with E-state index < -0.39 is 0 Å². The second-order valence-electron chi connectivity index (χ2n) is 4.65. The molecule has 2 unspecified atom stereocenters. The smallest absolute Gasteiger partial charge is 0.0907 e. The van der Waals surface area contributed by atoms with Crippen molar-refractivity contribution in [2.75, 3.05) is 6.54 Å². The second kappa shape index (κ2) is 3.53. The lowest BCUT2D eigenvalue weighted by Crippen LogP contribution is -2.37. The molecule has 2 aliphatic rings. The molecule has 1 heterocycles. The van der Waals surface area contributed by atoms with Gasteiger partial charge in [0.1, 0.15) is 0 Å². The largest absolute Gasteiger partial charge is 0.298 e. The number of nitrogens with one attached hydrogen (secondary N) is 1. The molecule has 0 aromatic heterocycles. The van der Waals surface area contributed by atoms with E-state index in [1.165, 1.54) is 19.3 Å². The predicted molar refractivity (Wildman–Crippen MR) is 66.1 cm³/mol. The fraction of sp³-hybridized carbons (Fsp3) is 0.538. The van der Waals surface area contributed by atoms with Gasteiger partial charge in [-0.25, -0.2) is 0 Å². The zero-order valence-electron chi connectivity index (χ0n) is 9.12. The Balaban J connectivity index is 2.06. The minimum Gasteiger partial charge on any atom is -0.298 e. The average Bonchev–Trinajstić information content (AvgIpc) is 2.62. The summed E-state index contributed by atoms with van der Waals surface area (Å²) in [6.45, 7) is 3.47. The fourth-order valence-electron chi connectivity index (χ4n) is 2.84. The Bertz CT molecular complexity index is 377. The molecule has 1 aromatic carbocycles. The maximum Gasteiger partial charge on any atom is 0.0907 e. The van der Waals surface area contributed by atoms with Crippen LogP contribution in [0.15, 0.2) is 24.3 Å². The van der Waals surface area contributed by atoms with Gasteiger partial charge >= 0.3 is 0 Å². The Kier molecular flexibility index (Phi) is 2.29. The van der Waals surface area contributed by atoms with Gasteiger partial charge in [0.25, 0.3) is 0 Å². The molecule has 0 radical (unpaired) electrons. The maximum absolute atomic E-state index is 3.74. The van der Waals surface area contributed by atoms with E-state index >= 15 is 0 Å². The van der Waals surface area contributed by atoms with Crippen LogP contribution in [0.25, 0.3) is 0 Å². The summed E-state index contributed by atoms with van der Waals surface area (Å²) in [6.07, 6.45) is 3.87. The van der Waals surface area contributed by atoms with Crippen molar-refractivity contribution in [1.29, 1.82) is 0 Å². The Morgan fingerprint density at radius 3 is 3.07 bits per heavy atom. The molecule has 1 aliphatic carbocycles. The van der Waals surface area contributed by atoms with E-state index in [4.69, 9.17) is 0 Å². The van der Waals surface area contributed by atoms with Crippen LogP contribution < -0.4 is 5.32 Å². The van der Waals surface area contributed by atoms with Crippen LogP contribution in [0.5, 0.6) is 0 Å². The third-order valence-electron chi connectivity index (χ3n) is 3.50. The molecule has 1 aromatic rings. The molecule has 1 saturated heterocycles. The third-order valence-corrected chi connectivity index (χ3v) is 5.04. The molecular weight excluding hydrogens is 202 g/mol. The standard InChI is InChI=1S/C13H17NS/c1-10-9-14-13(15-10)8-4-6-11-5-2-3-7-12(11)13/h2-3,5,7,10,14H,4,6,8-9H2,1H3. The summed E-state index contributed by atoms with van der Waals surface area (Å²) in [5.41, 5.74) is 3.10. The summed E-state index contributed by atoms with van der Waals surface area (Å²) in [5.74, 6) is 0. The lowest BCUT2D eigenvalue weighted by atomic mass is 9.87. The van der Waals surface area contributed by atoms with Gasteiger partial charge in [0.15, 0.2) is 0 Å². The SMILES string of the molecule is CC1CNC2(CCCc3ccccc32)S1. The van der Waals surface area contributed by atoms with Gasteiger partial charge in [0.2, 0.25) is 0 Å². The molecule has 1 fully saturated rings. The molecular formula is C13H17NS. The number of fused-ring (bicyclic) bond motifs is 2. The van der Waals surface area contributed by atoms with Crippen molar-refractivity contribution in [3.63, 3.8) is 0 Å². The first-order valence-corrected chi connectivity index (χ1v) is 6.69. The molecule has 2 heteroatoms. The van der Waals surface area contributed by atoms with Crippen LogP contribution in [0.4, 0.5) is 0 Å². The topological polar surface area (TPSA) is 12.0 Å². The summed E-state index contributed by atoms with van der Waals surface area (Å²) in [5, 5.41) is 4.49. The van der Waals surface area contributed by atoms with Gasteiger partial charge in [-0.15, -0.1) is 11.8 Å². The fourth-order valence-corrected chi connectivity index (χ4v) is 4.44. The molecule has 80 valence electrons. The number of rotatable bonds is 0. The zero-order valence-corrected chi connectivity index (χ0v) is 9.94. The first-order valence-electron chi connectivity index (χ1n) is 5.81. The van der Waals surface area contributed by atoms with Crippen LogP contribution >= 0.6 is 11.8 Å². The molecule has 1 aliphatic heterocycles. The van der Waals surface area contributed by atoms with Crippen LogP contribution in [0, 0.1) is 0 Å². The minimum absolute atomic E-state index is 0.244. The van der Waals surface area contributed by atoms with E-state index in [1.54, 1.807) is 11.1 Å². The Morgan fingerprint density at radius 1 is 1.40 bits per heavy atom. The van der Waals surface area contributed by atoms with E-state index in [0.717, 1.165) is 11.8 Å². The normalized spacial score (nSPS) is 34.3. The highest BCUT2D eigenvalue weighted by Gasteiger charge is 2.41. The molecule has 15 heavy (non-hydrogen) atoms. The van der Waals surface area contributed by atoms with Gasteiger partial charge in [0.05, 0.1) is 4.87 Å². The van der Waals surface area contributed by atoms with Gasteiger partial charge in [-0.1, -0.05) is 31.2 Å². The van der Waals surface area contributed by atoms with Crippen molar-refractivity contribution >= 4 is 11.8 Å². The first kappa shape index (κ1) is 9.73. The van der Waals surface area contributed by atoms with E-state index in [1.807, 2.05) is 0 Å². The van der Waals surface area contributed by atoms with Crippen LogP contribution in [0.2, 0.25) is 0 Å². The summed E-state index contributed by atoms with van der Waals surface area (Å²) < 4.78 is 0. The van der Waals surface area contributed by atoms with Crippen molar-refractivity contribution in [3.8, 4) is 0 Å². The second-order valence-corrected chi connectivity index (χ2v) is 6.38. The molecule has 0 saturated carbocycles. The van der Waals surface area contributed by atoms with Crippen molar-refractivity contribution < 1.29 is 0 Å². The molecule has 1 spiro atoms. The lowest BCUT2D eigenvalue weighted by molar-refractivity contribution is 0.441. The van der Waals surface area contributed by atoms with Crippen molar-refractivity contribution in [2.24, 2.45) is 0 Å². The minimum atomic E-state index is 0.244. The van der Waals surface area contributed by atoms with E-state index in [2.05, 4.69) is 48.3 Å². The summed E-state index contributed by atoms with van der Waals surface area (Å²) in [6, 6.07) is 8.95. The molecule has 0 amide bonds.